The number of pyridine rings is 1. The zero-order chi connectivity index (χ0) is 23.4. The number of esters is 3. The first-order valence-corrected chi connectivity index (χ1v) is 9.57. The number of rotatable bonds is 6. The van der Waals surface area contributed by atoms with Crippen LogP contribution in [0.15, 0.2) is 46.4 Å². The highest BCUT2D eigenvalue weighted by Gasteiger charge is 2.50. The van der Waals surface area contributed by atoms with Crippen molar-refractivity contribution in [1.29, 1.82) is 0 Å². The van der Waals surface area contributed by atoms with Crippen LogP contribution in [-0.4, -0.2) is 56.9 Å². The van der Waals surface area contributed by atoms with Gasteiger partial charge in [-0.2, -0.15) is 4.98 Å². The molecule has 0 bridgehead atoms. The van der Waals surface area contributed by atoms with Crippen LogP contribution in [0.5, 0.6) is 0 Å². The van der Waals surface area contributed by atoms with Crippen molar-refractivity contribution in [3.8, 4) is 5.82 Å². The Balaban J connectivity index is 1.97. The second kappa shape index (κ2) is 9.56. The lowest BCUT2D eigenvalue weighted by Gasteiger charge is -2.23. The van der Waals surface area contributed by atoms with E-state index < -0.39 is 48.1 Å². The molecule has 0 saturated carbocycles. The van der Waals surface area contributed by atoms with Crippen molar-refractivity contribution in [2.75, 3.05) is 6.61 Å². The van der Waals surface area contributed by atoms with Crippen molar-refractivity contribution in [1.82, 2.24) is 14.1 Å². The zero-order valence-electron chi connectivity index (χ0n) is 17.5. The van der Waals surface area contributed by atoms with Crippen LogP contribution in [0.3, 0.4) is 0 Å². The topological polar surface area (TPSA) is 145 Å². The van der Waals surface area contributed by atoms with Crippen molar-refractivity contribution in [2.24, 2.45) is 0 Å². The lowest BCUT2D eigenvalue weighted by Crippen LogP contribution is -2.41. The average Bonchev–Trinajstić information content (AvgIpc) is 3.02. The van der Waals surface area contributed by atoms with Crippen LogP contribution in [0.1, 0.15) is 27.0 Å². The van der Waals surface area contributed by atoms with Gasteiger partial charge in [0.15, 0.2) is 23.9 Å². The van der Waals surface area contributed by atoms with Crippen LogP contribution in [0, 0.1) is 0 Å². The fourth-order valence-corrected chi connectivity index (χ4v) is 3.22. The summed E-state index contributed by atoms with van der Waals surface area (Å²) in [6.45, 7) is 3.22. The Kier molecular flexibility index (Phi) is 6.83. The molecule has 2 aromatic heterocycles. The molecule has 3 heterocycles. The summed E-state index contributed by atoms with van der Waals surface area (Å²) in [6.07, 6.45) is -0.263. The lowest BCUT2D eigenvalue weighted by molar-refractivity contribution is -0.166. The second-order valence-corrected chi connectivity index (χ2v) is 6.93. The molecule has 2 aromatic rings. The van der Waals surface area contributed by atoms with E-state index in [9.17, 15) is 24.0 Å². The summed E-state index contributed by atoms with van der Waals surface area (Å²) < 4.78 is 23.9. The smallest absolute Gasteiger partial charge is 0.351 e. The third-order valence-corrected chi connectivity index (χ3v) is 4.49. The molecule has 12 nitrogen and oxygen atoms in total. The molecular weight excluding hydrogens is 426 g/mol. The molecule has 0 radical (unpaired) electrons. The van der Waals surface area contributed by atoms with E-state index in [4.69, 9.17) is 18.9 Å². The van der Waals surface area contributed by atoms with Crippen molar-refractivity contribution >= 4 is 17.9 Å². The maximum absolute atomic E-state index is 12.8. The number of aromatic nitrogens is 3. The van der Waals surface area contributed by atoms with Gasteiger partial charge in [0.05, 0.1) is 0 Å². The highest BCUT2D eigenvalue weighted by Crippen LogP contribution is 2.33. The van der Waals surface area contributed by atoms with E-state index in [2.05, 4.69) is 4.98 Å². The summed E-state index contributed by atoms with van der Waals surface area (Å²) >= 11 is 0. The average molecular weight is 447 g/mol. The molecule has 1 saturated heterocycles. The van der Waals surface area contributed by atoms with Gasteiger partial charge in [-0.15, -0.1) is 0 Å². The number of carbonyl (C=O) groups excluding carboxylic acids is 3. The van der Waals surface area contributed by atoms with Gasteiger partial charge in [0.25, 0.3) is 0 Å². The molecule has 170 valence electrons. The Labute approximate surface area is 181 Å². The molecule has 0 N–H and O–H groups in total. The van der Waals surface area contributed by atoms with Crippen LogP contribution in [0.4, 0.5) is 0 Å². The molecule has 32 heavy (non-hydrogen) atoms. The summed E-state index contributed by atoms with van der Waals surface area (Å²) in [7, 11) is 0. The molecule has 0 unspecified atom stereocenters. The van der Waals surface area contributed by atoms with Crippen molar-refractivity contribution in [3.05, 3.63) is 57.5 Å². The number of ether oxygens (including phenoxy) is 4. The second-order valence-electron chi connectivity index (χ2n) is 6.93. The minimum atomic E-state index is -1.20. The van der Waals surface area contributed by atoms with Crippen molar-refractivity contribution < 1.29 is 33.3 Å². The third-order valence-electron chi connectivity index (χ3n) is 4.49. The number of hydrogen-bond donors (Lipinski definition) is 0. The largest absolute Gasteiger partial charge is 0.463 e. The maximum atomic E-state index is 12.8. The van der Waals surface area contributed by atoms with Crippen LogP contribution in [0.2, 0.25) is 0 Å². The Bertz CT molecular complexity index is 1120. The van der Waals surface area contributed by atoms with Gasteiger partial charge < -0.3 is 23.5 Å². The van der Waals surface area contributed by atoms with E-state index in [0.29, 0.717) is 0 Å². The fourth-order valence-electron chi connectivity index (χ4n) is 3.22. The Morgan fingerprint density at radius 2 is 1.56 bits per heavy atom. The van der Waals surface area contributed by atoms with Crippen molar-refractivity contribution in [3.63, 3.8) is 0 Å². The predicted octanol–water partition coefficient (Wildman–Crippen LogP) is -0.282. The molecule has 1 aliphatic heterocycles. The summed E-state index contributed by atoms with van der Waals surface area (Å²) in [5.41, 5.74) is -0.952. The molecule has 1 aliphatic rings. The summed E-state index contributed by atoms with van der Waals surface area (Å²) in [6, 6.07) is 4.11. The van der Waals surface area contributed by atoms with E-state index >= 15 is 0 Å². The summed E-state index contributed by atoms with van der Waals surface area (Å²) in [5, 5.41) is 0. The minimum absolute atomic E-state index is 0.200. The van der Waals surface area contributed by atoms with Crippen molar-refractivity contribution in [2.45, 2.75) is 45.3 Å². The SMILES string of the molecule is CC(=O)OC[C@H]1O[C@@H](n2ccc(-n3ccc(=O)cc3)nc2=O)[C@H](OC(C)=O)[C@@H]1OC(C)=O. The van der Waals surface area contributed by atoms with Crippen LogP contribution >= 0.6 is 0 Å². The molecular formula is C20H21N3O9. The van der Waals surface area contributed by atoms with Gasteiger partial charge in [-0.3, -0.25) is 23.7 Å². The standard InChI is InChI=1S/C20H21N3O9/c1-11(24)29-10-15-17(30-12(2)25)18(31-13(3)26)19(32-15)23-9-6-16(21-20(23)28)22-7-4-14(27)5-8-22/h4-9,15,17-19H,10H2,1-3H3/t15-,17-,18-,19-/m1/s1. The first kappa shape index (κ1) is 22.9. The Morgan fingerprint density at radius 3 is 2.12 bits per heavy atom. The van der Waals surface area contributed by atoms with Gasteiger partial charge in [0.1, 0.15) is 18.5 Å². The molecule has 3 rings (SSSR count). The van der Waals surface area contributed by atoms with Crippen LogP contribution < -0.4 is 11.1 Å². The van der Waals surface area contributed by atoms with Gasteiger partial charge in [0.2, 0.25) is 0 Å². The molecule has 0 aliphatic carbocycles. The molecule has 0 spiro atoms. The molecule has 0 amide bonds. The monoisotopic (exact) mass is 447 g/mol. The van der Waals surface area contributed by atoms with E-state index in [1.807, 2.05) is 0 Å². The normalized spacial score (nSPS) is 22.2. The highest BCUT2D eigenvalue weighted by atomic mass is 16.7. The molecule has 0 aromatic carbocycles. The van der Waals surface area contributed by atoms with E-state index in [1.165, 1.54) is 48.3 Å². The van der Waals surface area contributed by atoms with Crippen LogP contribution in [-0.2, 0) is 33.3 Å². The molecule has 4 atom stereocenters. The van der Waals surface area contributed by atoms with E-state index in [-0.39, 0.29) is 17.9 Å². The zero-order valence-corrected chi connectivity index (χ0v) is 17.5. The predicted molar refractivity (Wildman–Crippen MR) is 106 cm³/mol. The van der Waals surface area contributed by atoms with Gasteiger partial charge in [-0.05, 0) is 6.07 Å². The third kappa shape index (κ3) is 5.27. The van der Waals surface area contributed by atoms with Crippen LogP contribution in [0.25, 0.3) is 5.82 Å². The fraction of sp³-hybridized carbons (Fsp3) is 0.400. The Morgan fingerprint density at radius 1 is 0.938 bits per heavy atom. The number of nitrogens with zero attached hydrogens (tertiary/aromatic N) is 3. The maximum Gasteiger partial charge on any atom is 0.351 e. The lowest BCUT2D eigenvalue weighted by atomic mass is 10.1. The van der Waals surface area contributed by atoms with E-state index in [1.54, 1.807) is 0 Å². The first-order valence-electron chi connectivity index (χ1n) is 9.57. The van der Waals surface area contributed by atoms with E-state index in [0.717, 1.165) is 18.4 Å². The van der Waals surface area contributed by atoms with Gasteiger partial charge in [0, 0.05) is 51.5 Å². The van der Waals surface area contributed by atoms with Gasteiger partial charge in [-0.25, -0.2) is 4.79 Å². The Hall–Kier alpha value is -3.80. The number of hydrogen-bond acceptors (Lipinski definition) is 10. The molecule has 12 heteroatoms. The highest BCUT2D eigenvalue weighted by molar-refractivity contribution is 5.68. The quantitative estimate of drug-likeness (QED) is 0.428. The minimum Gasteiger partial charge on any atom is -0.463 e. The first-order chi connectivity index (χ1) is 15.2. The molecule has 1 fully saturated rings. The summed E-state index contributed by atoms with van der Waals surface area (Å²) in [5.74, 6) is -1.73. The summed E-state index contributed by atoms with van der Waals surface area (Å²) in [4.78, 5) is 62.6. The van der Waals surface area contributed by atoms with Gasteiger partial charge in [-0.1, -0.05) is 0 Å². The van der Waals surface area contributed by atoms with Gasteiger partial charge >= 0.3 is 23.6 Å². The number of carbonyl (C=O) groups is 3.